The highest BCUT2D eigenvalue weighted by atomic mass is 32.1. The van der Waals surface area contributed by atoms with Gasteiger partial charge in [0.2, 0.25) is 23.6 Å². The number of carbonyl (C=O) groups is 5. The van der Waals surface area contributed by atoms with Crippen molar-refractivity contribution >= 4 is 53.1 Å². The van der Waals surface area contributed by atoms with E-state index >= 15 is 0 Å². The molecular weight excluding hydrogens is 564 g/mol. The highest BCUT2D eigenvalue weighted by molar-refractivity contribution is 7.80. The maximum Gasteiger partial charge on any atom is 0.326 e. The van der Waals surface area contributed by atoms with E-state index < -0.39 is 53.8 Å². The van der Waals surface area contributed by atoms with Crippen LogP contribution in [0, 0.1) is 0 Å². The van der Waals surface area contributed by atoms with Crippen LogP contribution in [-0.2, 0) is 36.8 Å². The average Bonchev–Trinajstić information content (AvgIpc) is 3.37. The molecule has 4 amide bonds. The molecule has 1 aromatic heterocycles. The number of carboxylic acids is 1. The number of para-hydroxylation sites is 1. The van der Waals surface area contributed by atoms with Crippen LogP contribution in [0.5, 0.6) is 5.75 Å². The van der Waals surface area contributed by atoms with Gasteiger partial charge in [0.1, 0.15) is 23.9 Å². The highest BCUT2D eigenvalue weighted by Gasteiger charge is 2.31. The van der Waals surface area contributed by atoms with Crippen LogP contribution in [0.15, 0.2) is 54.7 Å². The summed E-state index contributed by atoms with van der Waals surface area (Å²) in [6, 6.07) is 8.28. The van der Waals surface area contributed by atoms with Crippen molar-refractivity contribution < 1.29 is 34.2 Å². The zero-order valence-electron chi connectivity index (χ0n) is 22.6. The van der Waals surface area contributed by atoms with Gasteiger partial charge in [-0.1, -0.05) is 30.3 Å². The van der Waals surface area contributed by atoms with E-state index in [2.05, 4.69) is 33.6 Å². The number of primary amides is 1. The number of aliphatic carboxylic acids is 1. The molecule has 3 aromatic rings. The van der Waals surface area contributed by atoms with Crippen molar-refractivity contribution in [2.45, 2.75) is 49.9 Å². The topological polar surface area (TPSA) is 230 Å². The Morgan fingerprint density at radius 2 is 1.48 bits per heavy atom. The standard InChI is InChI=1S/C28H34N6O7S/c29-19(14-42)25(37)33-22(11-15-5-7-17(35)8-6-15)27(39)32-21(9-10-24(30)36)26(38)34-23(28(40)41)12-16-13-31-20-4-2-1-3-18(16)20/h1-8,13,19,21-23,31,35,42H,9-12,14,29H2,(H2,30,36)(H,32,39)(H,33,37)(H,34,38)(H,40,41). The number of rotatable bonds is 15. The van der Waals surface area contributed by atoms with Crippen molar-refractivity contribution in [3.05, 3.63) is 65.9 Å². The van der Waals surface area contributed by atoms with Crippen molar-refractivity contribution in [2.75, 3.05) is 5.75 Å². The van der Waals surface area contributed by atoms with E-state index in [-0.39, 0.29) is 37.2 Å². The number of nitrogens with one attached hydrogen (secondary N) is 4. The number of carboxylic acid groups (broad SMARTS) is 1. The molecule has 3 rings (SSSR count). The first-order valence-corrected chi connectivity index (χ1v) is 13.7. The summed E-state index contributed by atoms with van der Waals surface area (Å²) in [6.07, 6.45) is 1.08. The number of carbonyl (C=O) groups excluding carboxylic acids is 4. The Morgan fingerprint density at radius 3 is 2.12 bits per heavy atom. The van der Waals surface area contributed by atoms with Gasteiger partial charge < -0.3 is 42.6 Å². The molecule has 224 valence electrons. The third-order valence-electron chi connectivity index (χ3n) is 6.57. The predicted molar refractivity (Wildman–Crippen MR) is 157 cm³/mol. The number of aromatic nitrogens is 1. The van der Waals surface area contributed by atoms with Crippen molar-refractivity contribution in [3.8, 4) is 5.75 Å². The molecule has 13 nitrogen and oxygen atoms in total. The quantitative estimate of drug-likeness (QED) is 0.105. The number of benzene rings is 2. The molecule has 0 spiro atoms. The first-order valence-electron chi connectivity index (χ1n) is 13.1. The number of fused-ring (bicyclic) bond motifs is 1. The first kappa shape index (κ1) is 32.0. The molecule has 0 saturated heterocycles. The molecule has 42 heavy (non-hydrogen) atoms. The minimum atomic E-state index is -1.36. The summed E-state index contributed by atoms with van der Waals surface area (Å²) in [5.74, 6) is -4.31. The Morgan fingerprint density at radius 1 is 0.857 bits per heavy atom. The van der Waals surface area contributed by atoms with Gasteiger partial charge in [-0.25, -0.2) is 4.79 Å². The van der Waals surface area contributed by atoms with Gasteiger partial charge in [-0.3, -0.25) is 19.2 Å². The largest absolute Gasteiger partial charge is 0.508 e. The van der Waals surface area contributed by atoms with Crippen LogP contribution in [0.25, 0.3) is 10.9 Å². The number of hydrogen-bond donors (Lipinski definition) is 9. The molecule has 4 atom stereocenters. The fourth-order valence-corrected chi connectivity index (χ4v) is 4.43. The van der Waals surface area contributed by atoms with E-state index in [1.165, 1.54) is 12.1 Å². The Bertz CT molecular complexity index is 1430. The highest BCUT2D eigenvalue weighted by Crippen LogP contribution is 2.19. The Labute approximate surface area is 246 Å². The predicted octanol–water partition coefficient (Wildman–Crippen LogP) is -0.280. The van der Waals surface area contributed by atoms with Crippen LogP contribution >= 0.6 is 12.6 Å². The lowest BCUT2D eigenvalue weighted by atomic mass is 10.0. The van der Waals surface area contributed by atoms with E-state index in [1.807, 2.05) is 18.2 Å². The van der Waals surface area contributed by atoms with Crippen LogP contribution < -0.4 is 27.4 Å². The Hall–Kier alpha value is -4.56. The molecule has 0 bridgehead atoms. The first-order chi connectivity index (χ1) is 20.0. The molecule has 10 N–H and O–H groups in total. The van der Waals surface area contributed by atoms with Crippen molar-refractivity contribution in [1.29, 1.82) is 0 Å². The second-order valence-electron chi connectivity index (χ2n) is 9.75. The zero-order valence-corrected chi connectivity index (χ0v) is 23.5. The third-order valence-corrected chi connectivity index (χ3v) is 6.96. The van der Waals surface area contributed by atoms with E-state index in [4.69, 9.17) is 11.5 Å². The minimum absolute atomic E-state index is 0.00434. The maximum absolute atomic E-state index is 13.4. The smallest absolute Gasteiger partial charge is 0.326 e. The molecule has 4 unspecified atom stereocenters. The molecule has 0 aliphatic carbocycles. The number of phenolic OH excluding ortho intramolecular Hbond substituents is 1. The van der Waals surface area contributed by atoms with E-state index in [1.54, 1.807) is 24.4 Å². The number of amides is 4. The van der Waals surface area contributed by atoms with Crippen LogP contribution in [0.3, 0.4) is 0 Å². The van der Waals surface area contributed by atoms with E-state index in [0.717, 1.165) is 10.9 Å². The average molecular weight is 599 g/mol. The van der Waals surface area contributed by atoms with Crippen molar-refractivity contribution in [1.82, 2.24) is 20.9 Å². The Balaban J connectivity index is 1.80. The van der Waals surface area contributed by atoms with Gasteiger partial charge in [0.15, 0.2) is 0 Å². The number of thiol groups is 1. The molecule has 2 aromatic carbocycles. The van der Waals surface area contributed by atoms with Gasteiger partial charge >= 0.3 is 5.97 Å². The third kappa shape index (κ3) is 8.97. The number of hydrogen-bond acceptors (Lipinski definition) is 8. The van der Waals surface area contributed by atoms with Gasteiger partial charge in [-0.05, 0) is 35.7 Å². The number of nitrogens with two attached hydrogens (primary N) is 2. The summed E-state index contributed by atoms with van der Waals surface area (Å²) in [6.45, 7) is 0. The van der Waals surface area contributed by atoms with Crippen molar-refractivity contribution in [2.24, 2.45) is 11.5 Å². The molecule has 1 heterocycles. The van der Waals surface area contributed by atoms with Gasteiger partial charge in [0, 0.05) is 42.1 Å². The summed E-state index contributed by atoms with van der Waals surface area (Å²) in [4.78, 5) is 65.9. The van der Waals surface area contributed by atoms with Gasteiger partial charge in [0.05, 0.1) is 6.04 Å². The van der Waals surface area contributed by atoms with Gasteiger partial charge in [0.25, 0.3) is 0 Å². The van der Waals surface area contributed by atoms with E-state index in [9.17, 15) is 34.2 Å². The van der Waals surface area contributed by atoms with Crippen LogP contribution in [-0.4, -0.2) is 74.7 Å². The summed E-state index contributed by atoms with van der Waals surface area (Å²) in [5.41, 5.74) is 13.1. The maximum atomic E-state index is 13.4. The van der Waals surface area contributed by atoms with Crippen molar-refractivity contribution in [3.63, 3.8) is 0 Å². The fourth-order valence-electron chi connectivity index (χ4n) is 4.26. The van der Waals surface area contributed by atoms with E-state index in [0.29, 0.717) is 11.1 Å². The molecule has 0 fully saturated rings. The molecule has 0 aliphatic heterocycles. The summed E-state index contributed by atoms with van der Waals surface area (Å²) in [5, 5.41) is 27.7. The lowest BCUT2D eigenvalue weighted by Crippen LogP contribution is -2.58. The number of aromatic amines is 1. The lowest BCUT2D eigenvalue weighted by Gasteiger charge is -2.25. The fraction of sp³-hybridized carbons (Fsp3) is 0.321. The number of phenols is 1. The zero-order chi connectivity index (χ0) is 30.8. The molecular formula is C28H34N6O7S. The Kier molecular flexibility index (Phi) is 11.3. The van der Waals surface area contributed by atoms with Crippen LogP contribution in [0.4, 0.5) is 0 Å². The molecule has 14 heteroatoms. The molecule has 0 saturated carbocycles. The molecule has 0 aliphatic rings. The lowest BCUT2D eigenvalue weighted by molar-refractivity contribution is -0.142. The van der Waals surface area contributed by atoms with Gasteiger partial charge in [-0.15, -0.1) is 0 Å². The normalized spacial score (nSPS) is 13.9. The molecule has 0 radical (unpaired) electrons. The van der Waals surface area contributed by atoms with Gasteiger partial charge in [-0.2, -0.15) is 12.6 Å². The second kappa shape index (κ2) is 14.9. The summed E-state index contributed by atoms with van der Waals surface area (Å²) >= 11 is 4.01. The number of H-pyrrole nitrogens is 1. The van der Waals surface area contributed by atoms with Crippen LogP contribution in [0.2, 0.25) is 0 Å². The second-order valence-corrected chi connectivity index (χ2v) is 10.1. The monoisotopic (exact) mass is 598 g/mol. The van der Waals surface area contributed by atoms with Crippen LogP contribution in [0.1, 0.15) is 24.0 Å². The minimum Gasteiger partial charge on any atom is -0.508 e. The SMILES string of the molecule is NC(=O)CCC(NC(=O)C(Cc1ccc(O)cc1)NC(=O)C(N)CS)C(=O)NC(Cc1c[nH]c2ccccc12)C(=O)O. The summed E-state index contributed by atoms with van der Waals surface area (Å²) < 4.78 is 0. The number of aromatic hydroxyl groups is 1. The summed E-state index contributed by atoms with van der Waals surface area (Å²) in [7, 11) is 0.